The van der Waals surface area contributed by atoms with Crippen LogP contribution in [-0.2, 0) is 11.3 Å². The van der Waals surface area contributed by atoms with Crippen LogP contribution < -0.4 is 10.3 Å². The van der Waals surface area contributed by atoms with Crippen molar-refractivity contribution in [3.05, 3.63) is 76.6 Å². The van der Waals surface area contributed by atoms with E-state index in [-0.39, 0.29) is 11.9 Å². The summed E-state index contributed by atoms with van der Waals surface area (Å²) in [5.41, 5.74) is 6.68. The molecule has 2 aliphatic rings. The number of rotatable bonds is 3. The molecule has 1 unspecified atom stereocenters. The molecule has 1 fully saturated rings. The Labute approximate surface area is 162 Å². The number of nitrogens with one attached hydrogen (secondary N) is 1. The lowest BCUT2D eigenvalue weighted by atomic mass is 10.1. The maximum atomic E-state index is 13.0. The monoisotopic (exact) mass is 382 g/mol. The molecule has 1 saturated heterocycles. The number of anilines is 1. The number of hydrazine groups is 1. The van der Waals surface area contributed by atoms with Gasteiger partial charge in [0.05, 0.1) is 12.2 Å². The van der Waals surface area contributed by atoms with Gasteiger partial charge < -0.3 is 0 Å². The number of nitrogens with zero attached hydrogens (tertiary/aromatic N) is 3. The lowest BCUT2D eigenvalue weighted by molar-refractivity contribution is -0.122. The Bertz CT molecular complexity index is 941. The highest BCUT2D eigenvalue weighted by Gasteiger charge is 2.44. The number of carbonyl (C=O) groups excluding carboxylic acids is 2. The molecule has 0 spiro atoms. The third kappa shape index (κ3) is 3.07. The maximum Gasteiger partial charge on any atom is 0.340 e. The molecule has 0 radical (unpaired) electrons. The van der Waals surface area contributed by atoms with Crippen LogP contribution in [0.15, 0.2) is 54.9 Å². The third-order valence-corrected chi connectivity index (χ3v) is 5.23. The number of benzene rings is 2. The van der Waals surface area contributed by atoms with E-state index in [2.05, 4.69) is 5.43 Å². The summed E-state index contributed by atoms with van der Waals surface area (Å²) in [4.78, 5) is 28.6. The zero-order valence-electron chi connectivity index (χ0n) is 15.0. The Morgan fingerprint density at radius 1 is 1.04 bits per heavy atom. The molecule has 2 aromatic rings. The molecule has 4 rings (SSSR count). The summed E-state index contributed by atoms with van der Waals surface area (Å²) in [5.74, 6) is -0.234. The average molecular weight is 383 g/mol. The number of carbonyl (C=O) groups is 2. The van der Waals surface area contributed by atoms with E-state index in [1.807, 2.05) is 44.2 Å². The van der Waals surface area contributed by atoms with Crippen LogP contribution in [0.2, 0.25) is 5.02 Å². The minimum absolute atomic E-state index is 0.234. The summed E-state index contributed by atoms with van der Waals surface area (Å²) in [6.07, 6.45) is 2.45. The van der Waals surface area contributed by atoms with Crippen molar-refractivity contribution in [2.75, 3.05) is 4.90 Å². The van der Waals surface area contributed by atoms with Crippen LogP contribution in [0, 0.1) is 13.8 Å². The molecule has 2 aromatic carbocycles. The van der Waals surface area contributed by atoms with Gasteiger partial charge in [0.1, 0.15) is 0 Å². The second-order valence-corrected chi connectivity index (χ2v) is 7.09. The summed E-state index contributed by atoms with van der Waals surface area (Å²) in [6.45, 7) is 4.25. The number of urea groups is 1. The van der Waals surface area contributed by atoms with Crippen molar-refractivity contribution in [2.24, 2.45) is 0 Å². The summed E-state index contributed by atoms with van der Waals surface area (Å²) in [7, 11) is 0. The zero-order valence-corrected chi connectivity index (χ0v) is 15.8. The lowest BCUT2D eigenvalue weighted by Gasteiger charge is -2.30. The van der Waals surface area contributed by atoms with E-state index >= 15 is 0 Å². The number of halogens is 1. The van der Waals surface area contributed by atoms with E-state index in [1.54, 1.807) is 24.5 Å². The summed E-state index contributed by atoms with van der Waals surface area (Å²) in [5, 5.41) is 2.05. The van der Waals surface area contributed by atoms with Gasteiger partial charge in [0, 0.05) is 17.4 Å². The molecule has 7 heteroatoms. The van der Waals surface area contributed by atoms with E-state index in [1.165, 1.54) is 14.8 Å². The van der Waals surface area contributed by atoms with E-state index < -0.39 is 6.17 Å². The Morgan fingerprint density at radius 3 is 2.52 bits per heavy atom. The van der Waals surface area contributed by atoms with Crippen molar-refractivity contribution in [1.82, 2.24) is 15.3 Å². The standard InChI is InChI=1S/C20H19ClN4O2/c1-13-6-8-15(9-7-13)12-25-20(27)24-11-10-23(19(26)18(24)22-25)17-5-3-4-16(21)14(17)2/h3-11,18,22H,12H2,1-2H3. The van der Waals surface area contributed by atoms with Gasteiger partial charge in [0.15, 0.2) is 6.17 Å². The Kier molecular flexibility index (Phi) is 4.37. The van der Waals surface area contributed by atoms with Crippen molar-refractivity contribution in [3.8, 4) is 0 Å². The molecule has 138 valence electrons. The fourth-order valence-corrected chi connectivity index (χ4v) is 3.40. The first-order chi connectivity index (χ1) is 13.0. The highest BCUT2D eigenvalue weighted by atomic mass is 35.5. The van der Waals surface area contributed by atoms with Crippen LogP contribution in [0.25, 0.3) is 0 Å². The molecule has 6 nitrogen and oxygen atoms in total. The molecule has 3 amide bonds. The first-order valence-electron chi connectivity index (χ1n) is 8.64. The minimum Gasteiger partial charge on any atom is -0.283 e. The normalized spacial score (nSPS) is 19.1. The van der Waals surface area contributed by atoms with Crippen LogP contribution in [-0.4, -0.2) is 28.0 Å². The van der Waals surface area contributed by atoms with Crippen LogP contribution in [0.5, 0.6) is 0 Å². The van der Waals surface area contributed by atoms with Gasteiger partial charge in [-0.05, 0) is 37.1 Å². The van der Waals surface area contributed by atoms with Gasteiger partial charge in [-0.25, -0.2) is 4.79 Å². The first kappa shape index (κ1) is 17.6. The Hall–Kier alpha value is -2.83. The first-order valence-corrected chi connectivity index (χ1v) is 9.01. The number of aryl methyl sites for hydroxylation is 1. The number of fused-ring (bicyclic) bond motifs is 1. The van der Waals surface area contributed by atoms with Crippen molar-refractivity contribution in [2.45, 2.75) is 26.6 Å². The molecule has 0 aromatic heterocycles. The minimum atomic E-state index is -0.772. The van der Waals surface area contributed by atoms with E-state index in [9.17, 15) is 9.59 Å². The van der Waals surface area contributed by atoms with Gasteiger partial charge in [-0.1, -0.05) is 47.5 Å². The number of amides is 3. The van der Waals surface area contributed by atoms with Gasteiger partial charge >= 0.3 is 6.03 Å². The van der Waals surface area contributed by atoms with Gasteiger partial charge in [-0.3, -0.25) is 19.6 Å². The molecule has 2 heterocycles. The molecule has 2 aliphatic heterocycles. The largest absolute Gasteiger partial charge is 0.340 e. The van der Waals surface area contributed by atoms with Crippen molar-refractivity contribution in [3.63, 3.8) is 0 Å². The highest BCUT2D eigenvalue weighted by molar-refractivity contribution is 6.31. The smallest absolute Gasteiger partial charge is 0.283 e. The molecule has 27 heavy (non-hydrogen) atoms. The van der Waals surface area contributed by atoms with E-state index in [0.29, 0.717) is 17.3 Å². The average Bonchev–Trinajstić information content (AvgIpc) is 2.97. The SMILES string of the molecule is Cc1ccc(CN2NC3C(=O)N(c4cccc(Cl)c4C)C=CN3C2=O)cc1. The summed E-state index contributed by atoms with van der Waals surface area (Å²) in [6, 6.07) is 13.1. The van der Waals surface area contributed by atoms with Crippen LogP contribution in [0.4, 0.5) is 10.5 Å². The molecular formula is C20H19ClN4O2. The van der Waals surface area contributed by atoms with Crippen molar-refractivity contribution < 1.29 is 9.59 Å². The number of hydrogen-bond acceptors (Lipinski definition) is 3. The molecule has 1 atom stereocenters. The second kappa shape index (κ2) is 6.72. The molecule has 0 aliphatic carbocycles. The topological polar surface area (TPSA) is 55.9 Å². The van der Waals surface area contributed by atoms with E-state index in [4.69, 9.17) is 11.6 Å². The van der Waals surface area contributed by atoms with Crippen LogP contribution >= 0.6 is 11.6 Å². The highest BCUT2D eigenvalue weighted by Crippen LogP contribution is 2.30. The molecule has 0 bridgehead atoms. The Morgan fingerprint density at radius 2 is 1.78 bits per heavy atom. The van der Waals surface area contributed by atoms with Crippen LogP contribution in [0.3, 0.4) is 0 Å². The predicted octanol–water partition coefficient (Wildman–Crippen LogP) is 3.54. The fourth-order valence-electron chi connectivity index (χ4n) is 3.23. The maximum absolute atomic E-state index is 13.0. The van der Waals surface area contributed by atoms with Crippen molar-refractivity contribution >= 4 is 29.2 Å². The summed E-state index contributed by atoms with van der Waals surface area (Å²) < 4.78 is 0. The van der Waals surface area contributed by atoms with Gasteiger partial charge in [0.2, 0.25) is 0 Å². The van der Waals surface area contributed by atoms with Gasteiger partial charge in [0.25, 0.3) is 5.91 Å². The Balaban J connectivity index is 1.57. The van der Waals surface area contributed by atoms with E-state index in [0.717, 1.165) is 16.7 Å². The van der Waals surface area contributed by atoms with Gasteiger partial charge in [-0.2, -0.15) is 5.43 Å². The van der Waals surface area contributed by atoms with Gasteiger partial charge in [-0.15, -0.1) is 0 Å². The second-order valence-electron chi connectivity index (χ2n) is 6.68. The molecule has 0 saturated carbocycles. The quantitative estimate of drug-likeness (QED) is 0.883. The molecule has 1 N–H and O–H groups in total. The number of hydrogen-bond donors (Lipinski definition) is 1. The third-order valence-electron chi connectivity index (χ3n) is 4.82. The van der Waals surface area contributed by atoms with Crippen LogP contribution in [0.1, 0.15) is 16.7 Å². The fraction of sp³-hybridized carbons (Fsp3) is 0.200. The lowest BCUT2D eigenvalue weighted by Crippen LogP contribution is -2.51. The zero-order chi connectivity index (χ0) is 19.1. The summed E-state index contributed by atoms with van der Waals surface area (Å²) >= 11 is 6.19. The predicted molar refractivity (Wildman–Crippen MR) is 104 cm³/mol. The molecular weight excluding hydrogens is 364 g/mol. The van der Waals surface area contributed by atoms with Crippen molar-refractivity contribution in [1.29, 1.82) is 0 Å².